The molecule has 2 aliphatic rings. The van der Waals surface area contributed by atoms with Crippen molar-refractivity contribution < 1.29 is 4.79 Å². The van der Waals surface area contributed by atoms with E-state index in [2.05, 4.69) is 17.3 Å². The van der Waals surface area contributed by atoms with Crippen molar-refractivity contribution >= 4 is 6.03 Å². The first kappa shape index (κ1) is 13.4. The SMILES string of the molecule is CN1C2CCC1CN(C(=O)NCc1ccccc1)CC2. The summed E-state index contributed by atoms with van der Waals surface area (Å²) in [6.07, 6.45) is 3.62. The zero-order valence-electron chi connectivity index (χ0n) is 12.1. The largest absolute Gasteiger partial charge is 0.334 e. The fourth-order valence-electron chi connectivity index (χ4n) is 3.38. The Kier molecular flexibility index (Phi) is 3.92. The molecule has 108 valence electrons. The van der Waals surface area contributed by atoms with Crippen molar-refractivity contribution in [3.63, 3.8) is 0 Å². The third-order valence-corrected chi connectivity index (χ3v) is 4.72. The molecule has 0 spiro atoms. The Hall–Kier alpha value is -1.55. The van der Waals surface area contributed by atoms with Gasteiger partial charge in [-0.15, -0.1) is 0 Å². The number of likely N-dealkylation sites (N-methyl/N-ethyl adjacent to an activating group) is 1. The highest BCUT2D eigenvalue weighted by molar-refractivity contribution is 5.74. The zero-order chi connectivity index (χ0) is 13.9. The van der Waals surface area contributed by atoms with E-state index in [1.165, 1.54) is 12.8 Å². The van der Waals surface area contributed by atoms with Crippen LogP contribution >= 0.6 is 0 Å². The second kappa shape index (κ2) is 5.83. The molecule has 20 heavy (non-hydrogen) atoms. The number of carbonyl (C=O) groups excluding carboxylic acids is 1. The first-order valence-electron chi connectivity index (χ1n) is 7.52. The van der Waals surface area contributed by atoms with Crippen LogP contribution in [0.15, 0.2) is 30.3 Å². The first-order chi connectivity index (χ1) is 9.74. The van der Waals surface area contributed by atoms with Crippen LogP contribution in [-0.4, -0.2) is 48.1 Å². The second-order valence-corrected chi connectivity index (χ2v) is 5.93. The highest BCUT2D eigenvalue weighted by Crippen LogP contribution is 2.28. The van der Waals surface area contributed by atoms with Crippen LogP contribution in [0.3, 0.4) is 0 Å². The number of fused-ring (bicyclic) bond motifs is 2. The predicted molar refractivity (Wildman–Crippen MR) is 79.4 cm³/mol. The molecule has 2 aliphatic heterocycles. The zero-order valence-corrected chi connectivity index (χ0v) is 12.1. The molecular weight excluding hydrogens is 250 g/mol. The number of nitrogens with one attached hydrogen (secondary N) is 1. The molecule has 4 heteroatoms. The molecule has 2 bridgehead atoms. The van der Waals surface area contributed by atoms with Gasteiger partial charge in [0.25, 0.3) is 0 Å². The maximum absolute atomic E-state index is 12.3. The van der Waals surface area contributed by atoms with E-state index in [0.717, 1.165) is 25.1 Å². The molecule has 4 nitrogen and oxygen atoms in total. The average molecular weight is 273 g/mol. The van der Waals surface area contributed by atoms with Crippen LogP contribution in [0.25, 0.3) is 0 Å². The van der Waals surface area contributed by atoms with Gasteiger partial charge in [0.2, 0.25) is 0 Å². The molecule has 2 heterocycles. The minimum Gasteiger partial charge on any atom is -0.334 e. The third-order valence-electron chi connectivity index (χ3n) is 4.72. The Balaban J connectivity index is 1.55. The second-order valence-electron chi connectivity index (χ2n) is 5.93. The molecule has 3 rings (SSSR count). The van der Waals surface area contributed by atoms with Gasteiger partial charge in [-0.25, -0.2) is 4.79 Å². The lowest BCUT2D eigenvalue weighted by atomic mass is 10.1. The van der Waals surface area contributed by atoms with Crippen molar-refractivity contribution in [2.45, 2.75) is 37.9 Å². The van der Waals surface area contributed by atoms with Crippen molar-refractivity contribution in [1.82, 2.24) is 15.1 Å². The van der Waals surface area contributed by atoms with E-state index in [1.807, 2.05) is 35.2 Å². The summed E-state index contributed by atoms with van der Waals surface area (Å²) in [6, 6.07) is 11.4. The Morgan fingerprint density at radius 1 is 1.20 bits per heavy atom. The van der Waals surface area contributed by atoms with E-state index >= 15 is 0 Å². The number of carbonyl (C=O) groups is 1. The van der Waals surface area contributed by atoms with Gasteiger partial charge in [0.15, 0.2) is 0 Å². The van der Waals surface area contributed by atoms with Crippen LogP contribution < -0.4 is 5.32 Å². The smallest absolute Gasteiger partial charge is 0.317 e. The summed E-state index contributed by atoms with van der Waals surface area (Å²) in [5, 5.41) is 3.04. The lowest BCUT2D eigenvalue weighted by Gasteiger charge is -2.26. The summed E-state index contributed by atoms with van der Waals surface area (Å²) in [5.41, 5.74) is 1.15. The minimum atomic E-state index is 0.0785. The number of hydrogen-bond acceptors (Lipinski definition) is 2. The van der Waals surface area contributed by atoms with E-state index in [1.54, 1.807) is 0 Å². The highest BCUT2D eigenvalue weighted by Gasteiger charge is 2.35. The topological polar surface area (TPSA) is 35.6 Å². The van der Waals surface area contributed by atoms with Crippen molar-refractivity contribution in [3.8, 4) is 0 Å². The van der Waals surface area contributed by atoms with Gasteiger partial charge in [-0.05, 0) is 31.9 Å². The molecule has 1 N–H and O–H groups in total. The van der Waals surface area contributed by atoms with E-state index in [4.69, 9.17) is 0 Å². The molecule has 2 amide bonds. The monoisotopic (exact) mass is 273 g/mol. The molecule has 0 radical (unpaired) electrons. The minimum absolute atomic E-state index is 0.0785. The Labute approximate surface area is 120 Å². The van der Waals surface area contributed by atoms with Crippen molar-refractivity contribution in [1.29, 1.82) is 0 Å². The molecule has 2 atom stereocenters. The molecule has 2 unspecified atom stereocenters. The summed E-state index contributed by atoms with van der Waals surface area (Å²) in [7, 11) is 2.20. The van der Waals surface area contributed by atoms with Crippen molar-refractivity contribution in [3.05, 3.63) is 35.9 Å². The summed E-state index contributed by atoms with van der Waals surface area (Å²) in [4.78, 5) is 16.8. The Bertz CT molecular complexity index is 462. The molecule has 0 aromatic heterocycles. The molecule has 2 fully saturated rings. The molecule has 0 aliphatic carbocycles. The van der Waals surface area contributed by atoms with Crippen LogP contribution in [0, 0.1) is 0 Å². The summed E-state index contributed by atoms with van der Waals surface area (Å²) < 4.78 is 0. The summed E-state index contributed by atoms with van der Waals surface area (Å²) in [5.74, 6) is 0. The standard InChI is InChI=1S/C16H23N3O/c1-18-14-7-8-15(18)12-19(10-9-14)16(20)17-11-13-5-3-2-4-6-13/h2-6,14-15H,7-12H2,1H3,(H,17,20). The number of likely N-dealkylation sites (tertiary alicyclic amines) is 1. The van der Waals surface area contributed by atoms with Gasteiger partial charge in [0, 0.05) is 31.7 Å². The van der Waals surface area contributed by atoms with Crippen LogP contribution in [0.1, 0.15) is 24.8 Å². The quantitative estimate of drug-likeness (QED) is 0.895. The van der Waals surface area contributed by atoms with E-state index in [9.17, 15) is 4.79 Å². The van der Waals surface area contributed by atoms with E-state index in [-0.39, 0.29) is 6.03 Å². The summed E-state index contributed by atoms with van der Waals surface area (Å²) in [6.45, 7) is 2.36. The van der Waals surface area contributed by atoms with Gasteiger partial charge >= 0.3 is 6.03 Å². The molecule has 2 saturated heterocycles. The predicted octanol–water partition coefficient (Wildman–Crippen LogP) is 2.06. The van der Waals surface area contributed by atoms with Gasteiger partial charge in [0.1, 0.15) is 0 Å². The van der Waals surface area contributed by atoms with Gasteiger partial charge < -0.3 is 10.2 Å². The van der Waals surface area contributed by atoms with Crippen LogP contribution in [0.5, 0.6) is 0 Å². The van der Waals surface area contributed by atoms with Crippen molar-refractivity contribution in [2.24, 2.45) is 0 Å². The average Bonchev–Trinajstić information content (AvgIpc) is 2.71. The van der Waals surface area contributed by atoms with Crippen LogP contribution in [-0.2, 0) is 6.54 Å². The first-order valence-corrected chi connectivity index (χ1v) is 7.52. The Morgan fingerprint density at radius 2 is 1.95 bits per heavy atom. The number of amides is 2. The number of rotatable bonds is 2. The maximum Gasteiger partial charge on any atom is 0.317 e. The number of urea groups is 1. The lowest BCUT2D eigenvalue weighted by Crippen LogP contribution is -2.44. The fraction of sp³-hybridized carbons (Fsp3) is 0.562. The van der Waals surface area contributed by atoms with Crippen molar-refractivity contribution in [2.75, 3.05) is 20.1 Å². The lowest BCUT2D eigenvalue weighted by molar-refractivity contribution is 0.188. The molecule has 0 saturated carbocycles. The third kappa shape index (κ3) is 2.80. The highest BCUT2D eigenvalue weighted by atomic mass is 16.2. The fourth-order valence-corrected chi connectivity index (χ4v) is 3.38. The van der Waals surface area contributed by atoms with E-state index in [0.29, 0.717) is 18.6 Å². The molecule has 1 aromatic rings. The summed E-state index contributed by atoms with van der Waals surface area (Å²) >= 11 is 0. The van der Waals surface area contributed by atoms with Crippen LogP contribution in [0.4, 0.5) is 4.79 Å². The molecule has 1 aromatic carbocycles. The van der Waals surface area contributed by atoms with Crippen LogP contribution in [0.2, 0.25) is 0 Å². The molecular formula is C16H23N3O. The number of nitrogens with zero attached hydrogens (tertiary/aromatic N) is 2. The number of benzene rings is 1. The normalized spacial score (nSPS) is 26.4. The van der Waals surface area contributed by atoms with Gasteiger partial charge in [0.05, 0.1) is 0 Å². The maximum atomic E-state index is 12.3. The van der Waals surface area contributed by atoms with Gasteiger partial charge in [-0.2, -0.15) is 0 Å². The Morgan fingerprint density at radius 3 is 2.75 bits per heavy atom. The van der Waals surface area contributed by atoms with E-state index < -0.39 is 0 Å². The number of hydrogen-bond donors (Lipinski definition) is 1. The van der Waals surface area contributed by atoms with Gasteiger partial charge in [-0.1, -0.05) is 30.3 Å². The van der Waals surface area contributed by atoms with Gasteiger partial charge in [-0.3, -0.25) is 4.90 Å².